The first-order valence-corrected chi connectivity index (χ1v) is 8.96. The Morgan fingerprint density at radius 1 is 1.11 bits per heavy atom. The lowest BCUT2D eigenvalue weighted by Crippen LogP contribution is -2.39. The van der Waals surface area contributed by atoms with E-state index in [1.807, 2.05) is 4.31 Å². The van der Waals surface area contributed by atoms with Crippen LogP contribution >= 0.6 is 0 Å². The van der Waals surface area contributed by atoms with E-state index in [1.54, 1.807) is 0 Å². The molecule has 0 aromatic carbocycles. The van der Waals surface area contributed by atoms with E-state index in [2.05, 4.69) is 5.32 Å². The van der Waals surface area contributed by atoms with E-state index in [0.717, 1.165) is 51.7 Å². The van der Waals surface area contributed by atoms with Gasteiger partial charge in [0.05, 0.1) is 5.75 Å². The van der Waals surface area contributed by atoms with Crippen LogP contribution in [0.25, 0.3) is 0 Å². The second-order valence-electron chi connectivity index (χ2n) is 6.20. The van der Waals surface area contributed by atoms with E-state index >= 15 is 0 Å². The molecule has 2 heterocycles. The van der Waals surface area contributed by atoms with Crippen molar-refractivity contribution in [3.8, 4) is 0 Å². The van der Waals surface area contributed by atoms with Crippen molar-refractivity contribution in [2.24, 2.45) is 11.8 Å². The molecule has 0 amide bonds. The first-order valence-electron chi connectivity index (χ1n) is 7.35. The van der Waals surface area contributed by atoms with Gasteiger partial charge in [0.2, 0.25) is 10.0 Å². The van der Waals surface area contributed by atoms with E-state index in [4.69, 9.17) is 0 Å². The maximum atomic E-state index is 12.4. The summed E-state index contributed by atoms with van der Waals surface area (Å²) in [5, 5.41) is 3.33. The number of rotatable bonds is 4. The van der Waals surface area contributed by atoms with Gasteiger partial charge in [-0.2, -0.15) is 4.31 Å². The highest BCUT2D eigenvalue weighted by molar-refractivity contribution is 7.89. The van der Waals surface area contributed by atoms with E-state index in [1.165, 1.54) is 6.42 Å². The highest BCUT2D eigenvalue weighted by Crippen LogP contribution is 2.39. The van der Waals surface area contributed by atoms with Gasteiger partial charge < -0.3 is 5.32 Å². The Kier molecular flexibility index (Phi) is 3.65. The zero-order chi connectivity index (χ0) is 12.6. The zero-order valence-corrected chi connectivity index (χ0v) is 11.8. The summed E-state index contributed by atoms with van der Waals surface area (Å²) in [6, 6.07) is 0.341. The number of hydrogen-bond donors (Lipinski definition) is 1. The van der Waals surface area contributed by atoms with Gasteiger partial charge in [-0.3, -0.25) is 0 Å². The quantitative estimate of drug-likeness (QED) is 0.836. The van der Waals surface area contributed by atoms with Crippen molar-refractivity contribution in [3.63, 3.8) is 0 Å². The van der Waals surface area contributed by atoms with Gasteiger partial charge in [0.1, 0.15) is 0 Å². The number of piperidine rings is 2. The molecule has 0 spiro atoms. The smallest absolute Gasteiger partial charge is 0.214 e. The van der Waals surface area contributed by atoms with Crippen molar-refractivity contribution in [1.29, 1.82) is 0 Å². The third kappa shape index (κ3) is 2.58. The Balaban J connectivity index is 1.54. The minimum Gasteiger partial charge on any atom is -0.317 e. The predicted octanol–water partition coefficient (Wildman–Crippen LogP) is 1.19. The van der Waals surface area contributed by atoms with Gasteiger partial charge in [-0.05, 0) is 63.5 Å². The molecule has 1 saturated carbocycles. The maximum Gasteiger partial charge on any atom is 0.214 e. The molecule has 18 heavy (non-hydrogen) atoms. The molecule has 2 bridgehead atoms. The number of sulfonamides is 1. The van der Waals surface area contributed by atoms with Crippen LogP contribution in [0.15, 0.2) is 0 Å². The molecular weight excluding hydrogens is 248 g/mol. The first kappa shape index (κ1) is 12.9. The largest absolute Gasteiger partial charge is 0.317 e. The van der Waals surface area contributed by atoms with Crippen molar-refractivity contribution < 1.29 is 8.42 Å². The van der Waals surface area contributed by atoms with Gasteiger partial charge in [0.15, 0.2) is 0 Å². The molecule has 1 aliphatic carbocycles. The Labute approximate surface area is 110 Å². The van der Waals surface area contributed by atoms with Crippen molar-refractivity contribution in [2.75, 3.05) is 25.4 Å². The molecule has 1 N–H and O–H groups in total. The molecule has 0 radical (unpaired) electrons. The third-order valence-corrected chi connectivity index (χ3v) is 6.87. The lowest BCUT2D eigenvalue weighted by Gasteiger charge is -2.28. The fourth-order valence-corrected chi connectivity index (χ4v) is 5.77. The van der Waals surface area contributed by atoms with Gasteiger partial charge in [-0.1, -0.05) is 0 Å². The summed E-state index contributed by atoms with van der Waals surface area (Å²) in [6.07, 6.45) is 6.59. The average Bonchev–Trinajstić information content (AvgIpc) is 3.00. The van der Waals surface area contributed by atoms with Crippen LogP contribution < -0.4 is 5.32 Å². The van der Waals surface area contributed by atoms with Crippen LogP contribution in [-0.4, -0.2) is 44.2 Å². The number of nitrogens with zero attached hydrogens (tertiary/aromatic N) is 1. The van der Waals surface area contributed by atoms with Crippen molar-refractivity contribution >= 4 is 10.0 Å². The van der Waals surface area contributed by atoms with Gasteiger partial charge in [-0.25, -0.2) is 8.42 Å². The summed E-state index contributed by atoms with van der Waals surface area (Å²) in [4.78, 5) is 0. The fraction of sp³-hybridized carbons (Fsp3) is 1.00. The second-order valence-corrected chi connectivity index (χ2v) is 8.24. The van der Waals surface area contributed by atoms with Crippen molar-refractivity contribution in [2.45, 2.75) is 44.6 Å². The van der Waals surface area contributed by atoms with Gasteiger partial charge in [-0.15, -0.1) is 0 Å². The first-order chi connectivity index (χ1) is 8.65. The van der Waals surface area contributed by atoms with Crippen LogP contribution in [0.5, 0.6) is 0 Å². The molecule has 0 aromatic rings. The van der Waals surface area contributed by atoms with Crippen LogP contribution in [0.2, 0.25) is 0 Å². The van der Waals surface area contributed by atoms with Crippen molar-refractivity contribution in [3.05, 3.63) is 0 Å². The van der Waals surface area contributed by atoms with Gasteiger partial charge in [0.25, 0.3) is 0 Å². The topological polar surface area (TPSA) is 49.4 Å². The summed E-state index contributed by atoms with van der Waals surface area (Å²) in [7, 11) is -2.98. The van der Waals surface area contributed by atoms with E-state index in [9.17, 15) is 8.42 Å². The maximum absolute atomic E-state index is 12.4. The lowest BCUT2D eigenvalue weighted by molar-refractivity contribution is 0.326. The Hall–Kier alpha value is -0.130. The van der Waals surface area contributed by atoms with E-state index in [0.29, 0.717) is 23.6 Å². The number of hydrogen-bond acceptors (Lipinski definition) is 3. The summed E-state index contributed by atoms with van der Waals surface area (Å²) in [6.45, 7) is 2.91. The highest BCUT2D eigenvalue weighted by Gasteiger charge is 2.43. The summed E-state index contributed by atoms with van der Waals surface area (Å²) in [5.74, 6) is 1.64. The molecule has 104 valence electrons. The summed E-state index contributed by atoms with van der Waals surface area (Å²) >= 11 is 0. The molecule has 2 aliphatic heterocycles. The Morgan fingerprint density at radius 2 is 1.89 bits per heavy atom. The normalized spacial score (nSPS) is 34.2. The standard InChI is InChI=1S/C13H24N2O2S/c16-18(17,8-5-11-3-6-14-7-4-11)15-10-12-1-2-13(15)9-12/h11-14H,1-10H2. The Bertz CT molecular complexity index is 390. The van der Waals surface area contributed by atoms with Crippen LogP contribution in [-0.2, 0) is 10.0 Å². The van der Waals surface area contributed by atoms with Gasteiger partial charge >= 0.3 is 0 Å². The summed E-state index contributed by atoms with van der Waals surface area (Å²) in [5.41, 5.74) is 0. The van der Waals surface area contributed by atoms with Gasteiger partial charge in [0, 0.05) is 12.6 Å². The van der Waals surface area contributed by atoms with Crippen LogP contribution in [0.4, 0.5) is 0 Å². The third-order valence-electron chi connectivity index (χ3n) is 4.96. The molecule has 5 heteroatoms. The molecule has 2 atom stereocenters. The molecule has 2 unspecified atom stereocenters. The van der Waals surface area contributed by atoms with Crippen LogP contribution in [0, 0.1) is 11.8 Å². The minimum absolute atomic E-state index is 0.341. The fourth-order valence-electron chi connectivity index (χ4n) is 3.82. The Morgan fingerprint density at radius 3 is 2.50 bits per heavy atom. The SMILES string of the molecule is O=S(=O)(CCC1CCNCC1)N1CC2CCC1C2. The van der Waals surface area contributed by atoms with Crippen LogP contribution in [0.1, 0.15) is 38.5 Å². The van der Waals surface area contributed by atoms with E-state index < -0.39 is 10.0 Å². The minimum atomic E-state index is -2.98. The van der Waals surface area contributed by atoms with E-state index in [-0.39, 0.29) is 0 Å². The predicted molar refractivity (Wildman–Crippen MR) is 71.8 cm³/mol. The molecule has 3 rings (SSSR count). The molecule has 0 aromatic heterocycles. The van der Waals surface area contributed by atoms with Crippen molar-refractivity contribution in [1.82, 2.24) is 9.62 Å². The molecule has 3 aliphatic rings. The molecule has 4 nitrogen and oxygen atoms in total. The summed E-state index contributed by atoms with van der Waals surface area (Å²) < 4.78 is 26.6. The number of nitrogens with one attached hydrogen (secondary N) is 1. The lowest BCUT2D eigenvalue weighted by atomic mass is 9.96. The molecule has 3 fully saturated rings. The van der Waals surface area contributed by atoms with Crippen LogP contribution in [0.3, 0.4) is 0 Å². The monoisotopic (exact) mass is 272 g/mol. The number of fused-ring (bicyclic) bond motifs is 2. The highest BCUT2D eigenvalue weighted by atomic mass is 32.2. The zero-order valence-electron chi connectivity index (χ0n) is 11.0. The molecular formula is C13H24N2O2S. The molecule has 2 saturated heterocycles. The average molecular weight is 272 g/mol. The second kappa shape index (κ2) is 5.10.